The number of para-hydroxylation sites is 1. The normalized spacial score (nSPS) is 18.3. The lowest BCUT2D eigenvalue weighted by atomic mass is 9.99. The number of anilines is 1. The van der Waals surface area contributed by atoms with Gasteiger partial charge in [-0.05, 0) is 53.8 Å². The Kier molecular flexibility index (Phi) is 4.65. The molecule has 4 heteroatoms. The molecule has 4 rings (SSSR count). The van der Waals surface area contributed by atoms with Crippen LogP contribution in [0.3, 0.4) is 0 Å². The lowest BCUT2D eigenvalue weighted by Gasteiger charge is -2.27. The highest BCUT2D eigenvalue weighted by Crippen LogP contribution is 2.28. The molecule has 0 saturated heterocycles. The summed E-state index contributed by atoms with van der Waals surface area (Å²) in [7, 11) is 2.13. The number of ether oxygens (including phenoxy) is 1. The molecule has 0 radical (unpaired) electrons. The number of hydrogen-bond donors (Lipinski definition) is 1. The fourth-order valence-electron chi connectivity index (χ4n) is 3.72. The van der Waals surface area contributed by atoms with Crippen molar-refractivity contribution in [2.45, 2.75) is 25.4 Å². The first kappa shape index (κ1) is 16.7. The second kappa shape index (κ2) is 7.24. The average molecular weight is 348 g/mol. The van der Waals surface area contributed by atoms with E-state index in [0.29, 0.717) is 6.54 Å². The van der Waals surface area contributed by atoms with E-state index in [1.165, 1.54) is 23.2 Å². The molecule has 2 aliphatic rings. The van der Waals surface area contributed by atoms with Gasteiger partial charge in [0.2, 0.25) is 5.91 Å². The number of fused-ring (bicyclic) bond motifs is 2. The molecule has 0 spiro atoms. The molecule has 1 N–H and O–H groups in total. The van der Waals surface area contributed by atoms with Crippen molar-refractivity contribution < 1.29 is 9.53 Å². The number of carbonyl (C=O) groups is 1. The summed E-state index contributed by atoms with van der Waals surface area (Å²) in [6, 6.07) is 14.4. The van der Waals surface area contributed by atoms with Crippen molar-refractivity contribution in [1.29, 1.82) is 0 Å². The summed E-state index contributed by atoms with van der Waals surface area (Å²) in [5.74, 6) is 0.848. The van der Waals surface area contributed by atoms with E-state index in [2.05, 4.69) is 41.5 Å². The van der Waals surface area contributed by atoms with Crippen LogP contribution in [0.15, 0.2) is 48.5 Å². The molecule has 2 aromatic carbocycles. The first-order valence-corrected chi connectivity index (χ1v) is 9.23. The number of carbonyl (C=O) groups excluding carboxylic acids is 1. The Hall–Kier alpha value is -2.75. The summed E-state index contributed by atoms with van der Waals surface area (Å²) >= 11 is 0. The quantitative estimate of drug-likeness (QED) is 0.863. The molecule has 134 valence electrons. The topological polar surface area (TPSA) is 41.6 Å². The Morgan fingerprint density at radius 3 is 3.04 bits per heavy atom. The van der Waals surface area contributed by atoms with Crippen molar-refractivity contribution in [3.05, 3.63) is 65.2 Å². The van der Waals surface area contributed by atoms with Crippen molar-refractivity contribution in [2.75, 3.05) is 25.0 Å². The van der Waals surface area contributed by atoms with Gasteiger partial charge in [0.25, 0.3) is 0 Å². The van der Waals surface area contributed by atoms with Crippen molar-refractivity contribution in [3.8, 4) is 5.75 Å². The van der Waals surface area contributed by atoms with Gasteiger partial charge in [0.1, 0.15) is 11.9 Å². The zero-order valence-corrected chi connectivity index (χ0v) is 15.1. The minimum absolute atomic E-state index is 0.0176. The van der Waals surface area contributed by atoms with E-state index < -0.39 is 0 Å². The predicted octanol–water partition coefficient (Wildman–Crippen LogP) is 3.20. The summed E-state index contributed by atoms with van der Waals surface area (Å²) < 4.78 is 5.85. The molecule has 1 amide bonds. The van der Waals surface area contributed by atoms with Gasteiger partial charge < -0.3 is 15.0 Å². The molecule has 1 atom stereocenters. The van der Waals surface area contributed by atoms with Crippen LogP contribution in [0, 0.1) is 0 Å². The monoisotopic (exact) mass is 348 g/mol. The second-order valence-electron chi connectivity index (χ2n) is 7.04. The average Bonchev–Trinajstić information content (AvgIpc) is 3.08. The zero-order valence-electron chi connectivity index (χ0n) is 15.1. The third kappa shape index (κ3) is 3.59. The molecule has 2 heterocycles. The highest BCUT2D eigenvalue weighted by molar-refractivity contribution is 5.91. The number of amides is 1. The van der Waals surface area contributed by atoms with Crippen molar-refractivity contribution in [2.24, 2.45) is 0 Å². The minimum atomic E-state index is -0.0839. The highest BCUT2D eigenvalue weighted by Gasteiger charge is 2.22. The van der Waals surface area contributed by atoms with Crippen LogP contribution in [0.1, 0.15) is 23.1 Å². The molecular weight excluding hydrogens is 324 g/mol. The van der Waals surface area contributed by atoms with Crippen molar-refractivity contribution >= 4 is 17.7 Å². The van der Waals surface area contributed by atoms with E-state index >= 15 is 0 Å². The van der Waals surface area contributed by atoms with Crippen molar-refractivity contribution in [1.82, 2.24) is 5.32 Å². The van der Waals surface area contributed by atoms with Crippen LogP contribution < -0.4 is 15.0 Å². The fourth-order valence-corrected chi connectivity index (χ4v) is 3.72. The van der Waals surface area contributed by atoms with Gasteiger partial charge >= 0.3 is 0 Å². The predicted molar refractivity (Wildman–Crippen MR) is 105 cm³/mol. The third-order valence-corrected chi connectivity index (χ3v) is 5.10. The van der Waals surface area contributed by atoms with E-state index in [1.807, 2.05) is 24.3 Å². The molecule has 2 aliphatic heterocycles. The Bertz CT molecular complexity index is 819. The van der Waals surface area contributed by atoms with Crippen LogP contribution in [0.5, 0.6) is 5.75 Å². The summed E-state index contributed by atoms with van der Waals surface area (Å²) in [6.07, 6.45) is 6.64. The molecule has 2 aromatic rings. The van der Waals surface area contributed by atoms with Crippen LogP contribution >= 0.6 is 0 Å². The van der Waals surface area contributed by atoms with E-state index in [4.69, 9.17) is 4.74 Å². The maximum absolute atomic E-state index is 12.1. The molecule has 26 heavy (non-hydrogen) atoms. The summed E-state index contributed by atoms with van der Waals surface area (Å²) in [5, 5.41) is 2.94. The van der Waals surface area contributed by atoms with Crippen molar-refractivity contribution in [3.63, 3.8) is 0 Å². The van der Waals surface area contributed by atoms with E-state index in [1.54, 1.807) is 6.08 Å². The molecule has 0 aliphatic carbocycles. The Balaban J connectivity index is 1.31. The van der Waals surface area contributed by atoms with Gasteiger partial charge in [0.15, 0.2) is 0 Å². The molecule has 0 unspecified atom stereocenters. The van der Waals surface area contributed by atoms with Crippen LogP contribution in [-0.4, -0.2) is 32.1 Å². The second-order valence-corrected chi connectivity index (χ2v) is 7.04. The molecular formula is C22H24N2O2. The van der Waals surface area contributed by atoms with E-state index in [0.717, 1.165) is 30.7 Å². The summed E-state index contributed by atoms with van der Waals surface area (Å²) in [4.78, 5) is 14.4. The molecule has 0 aromatic heterocycles. The van der Waals surface area contributed by atoms with Crippen LogP contribution in [0.4, 0.5) is 5.69 Å². The van der Waals surface area contributed by atoms with Gasteiger partial charge in [0, 0.05) is 31.8 Å². The number of nitrogens with one attached hydrogen (secondary N) is 1. The van der Waals surface area contributed by atoms with Crippen LogP contribution in [0.2, 0.25) is 0 Å². The van der Waals surface area contributed by atoms with E-state index in [9.17, 15) is 4.79 Å². The number of nitrogens with zero attached hydrogens (tertiary/aromatic N) is 1. The van der Waals surface area contributed by atoms with Crippen LogP contribution in [0.25, 0.3) is 6.08 Å². The standard InChI is InChI=1S/C22H24N2O2/c1-24-12-4-6-17-13-16(8-10-20(17)24)9-11-22(25)23-15-19-14-18-5-2-3-7-21(18)26-19/h2-3,5,7-11,13,19H,4,6,12,14-15H2,1H3,(H,23,25)/b11-9+/t19-/m1/s1. The molecule has 0 saturated carbocycles. The van der Waals surface area contributed by atoms with Gasteiger partial charge in [-0.1, -0.05) is 24.3 Å². The maximum Gasteiger partial charge on any atom is 0.244 e. The van der Waals surface area contributed by atoms with Gasteiger partial charge in [-0.15, -0.1) is 0 Å². The largest absolute Gasteiger partial charge is 0.488 e. The first-order chi connectivity index (χ1) is 12.7. The Morgan fingerprint density at radius 2 is 2.15 bits per heavy atom. The summed E-state index contributed by atoms with van der Waals surface area (Å²) in [5.41, 5.74) is 4.94. The van der Waals surface area contributed by atoms with Gasteiger partial charge in [-0.25, -0.2) is 0 Å². The fraction of sp³-hybridized carbons (Fsp3) is 0.318. The van der Waals surface area contributed by atoms with Gasteiger partial charge in [-0.3, -0.25) is 4.79 Å². The highest BCUT2D eigenvalue weighted by atomic mass is 16.5. The number of rotatable bonds is 4. The van der Waals surface area contributed by atoms with Gasteiger partial charge in [-0.2, -0.15) is 0 Å². The Morgan fingerprint density at radius 1 is 1.27 bits per heavy atom. The van der Waals surface area contributed by atoms with E-state index in [-0.39, 0.29) is 12.0 Å². The Labute approximate surface area is 154 Å². The van der Waals surface area contributed by atoms with Crippen LogP contribution in [-0.2, 0) is 17.6 Å². The number of aryl methyl sites for hydroxylation is 1. The number of hydrogen-bond acceptors (Lipinski definition) is 3. The molecule has 0 fully saturated rings. The number of benzene rings is 2. The maximum atomic E-state index is 12.1. The SMILES string of the molecule is CN1CCCc2cc(/C=C/C(=O)NC[C@H]3Cc4ccccc4O3)ccc21. The molecule has 4 nitrogen and oxygen atoms in total. The third-order valence-electron chi connectivity index (χ3n) is 5.10. The minimum Gasteiger partial charge on any atom is -0.488 e. The smallest absolute Gasteiger partial charge is 0.244 e. The first-order valence-electron chi connectivity index (χ1n) is 9.23. The lowest BCUT2D eigenvalue weighted by Crippen LogP contribution is -2.33. The zero-order chi connectivity index (χ0) is 17.9. The lowest BCUT2D eigenvalue weighted by molar-refractivity contribution is -0.116. The molecule has 0 bridgehead atoms. The summed E-state index contributed by atoms with van der Waals surface area (Å²) in [6.45, 7) is 1.63. The van der Waals surface area contributed by atoms with Gasteiger partial charge in [0.05, 0.1) is 6.54 Å².